The van der Waals surface area contributed by atoms with Gasteiger partial charge in [-0.05, 0) is 46.3 Å². The van der Waals surface area contributed by atoms with Crippen molar-refractivity contribution in [1.82, 2.24) is 4.98 Å². The Kier molecular flexibility index (Phi) is 3.76. The molecule has 0 unspecified atom stereocenters. The Morgan fingerprint density at radius 1 is 1.24 bits per heavy atom. The third kappa shape index (κ3) is 3.05. The monoisotopic (exact) mass is 310 g/mol. The van der Waals surface area contributed by atoms with Crippen LogP contribution in [0.5, 0.6) is 0 Å². The zero-order valence-corrected chi connectivity index (χ0v) is 11.0. The van der Waals surface area contributed by atoms with Crippen LogP contribution in [0, 0.1) is 0 Å². The van der Waals surface area contributed by atoms with Gasteiger partial charge in [-0.15, -0.1) is 0 Å². The molecular formula is C12H8BrClN2O. The molecule has 3 nitrogen and oxygen atoms in total. The molecule has 0 radical (unpaired) electrons. The van der Waals surface area contributed by atoms with Crippen molar-refractivity contribution in [2.45, 2.75) is 0 Å². The van der Waals surface area contributed by atoms with Crippen LogP contribution in [0.2, 0.25) is 5.02 Å². The van der Waals surface area contributed by atoms with Crippen LogP contribution >= 0.6 is 27.5 Å². The summed E-state index contributed by atoms with van der Waals surface area (Å²) in [4.78, 5) is 15.7. The first-order valence-corrected chi connectivity index (χ1v) is 6.00. The Morgan fingerprint density at radius 3 is 2.59 bits per heavy atom. The maximum atomic E-state index is 11.8. The number of amides is 1. The van der Waals surface area contributed by atoms with Crippen LogP contribution in [0.4, 0.5) is 5.69 Å². The number of nitrogens with zero attached hydrogens (tertiary/aromatic N) is 1. The highest BCUT2D eigenvalue weighted by Crippen LogP contribution is 2.25. The molecule has 5 heteroatoms. The summed E-state index contributed by atoms with van der Waals surface area (Å²) in [6.07, 6.45) is 3.15. The molecule has 1 aromatic carbocycles. The topological polar surface area (TPSA) is 42.0 Å². The zero-order chi connectivity index (χ0) is 12.3. The van der Waals surface area contributed by atoms with Gasteiger partial charge in [0.05, 0.1) is 5.02 Å². The van der Waals surface area contributed by atoms with E-state index in [1.807, 2.05) is 0 Å². The predicted octanol–water partition coefficient (Wildman–Crippen LogP) is 3.75. The Balaban J connectivity index is 2.16. The van der Waals surface area contributed by atoms with E-state index in [4.69, 9.17) is 11.6 Å². The van der Waals surface area contributed by atoms with Crippen molar-refractivity contribution in [1.29, 1.82) is 0 Å². The smallest absolute Gasteiger partial charge is 0.255 e. The number of nitrogens with one attached hydrogen (secondary N) is 1. The van der Waals surface area contributed by atoms with E-state index in [1.54, 1.807) is 42.7 Å². The van der Waals surface area contributed by atoms with Crippen molar-refractivity contribution in [2.75, 3.05) is 5.32 Å². The molecule has 1 heterocycles. The summed E-state index contributed by atoms with van der Waals surface area (Å²) >= 11 is 9.17. The zero-order valence-electron chi connectivity index (χ0n) is 8.65. The van der Waals surface area contributed by atoms with Gasteiger partial charge >= 0.3 is 0 Å². The molecule has 2 aromatic rings. The van der Waals surface area contributed by atoms with Crippen molar-refractivity contribution < 1.29 is 4.79 Å². The van der Waals surface area contributed by atoms with Crippen molar-refractivity contribution >= 4 is 39.1 Å². The maximum absolute atomic E-state index is 11.8. The first kappa shape index (κ1) is 12.1. The van der Waals surface area contributed by atoms with Gasteiger partial charge in [0.1, 0.15) is 0 Å². The molecule has 0 aliphatic rings. The van der Waals surface area contributed by atoms with Crippen LogP contribution in [-0.4, -0.2) is 10.9 Å². The molecule has 2 rings (SSSR count). The molecule has 1 aromatic heterocycles. The average Bonchev–Trinajstić information content (AvgIpc) is 2.35. The largest absolute Gasteiger partial charge is 0.322 e. The van der Waals surface area contributed by atoms with E-state index in [2.05, 4.69) is 26.2 Å². The lowest BCUT2D eigenvalue weighted by atomic mass is 10.2. The van der Waals surface area contributed by atoms with Crippen LogP contribution in [0.15, 0.2) is 47.2 Å². The second-order valence-electron chi connectivity index (χ2n) is 3.32. The van der Waals surface area contributed by atoms with Gasteiger partial charge in [0, 0.05) is 28.1 Å². The van der Waals surface area contributed by atoms with Gasteiger partial charge in [-0.2, -0.15) is 0 Å². The summed E-state index contributed by atoms with van der Waals surface area (Å²) < 4.78 is 0.742. The van der Waals surface area contributed by atoms with E-state index >= 15 is 0 Å². The van der Waals surface area contributed by atoms with E-state index in [0.717, 1.165) is 4.47 Å². The fraction of sp³-hybridized carbons (Fsp3) is 0. The minimum Gasteiger partial charge on any atom is -0.322 e. The lowest BCUT2D eigenvalue weighted by molar-refractivity contribution is 0.102. The predicted molar refractivity (Wildman–Crippen MR) is 71.3 cm³/mol. The summed E-state index contributed by atoms with van der Waals surface area (Å²) in [5.74, 6) is -0.179. The fourth-order valence-corrected chi connectivity index (χ4v) is 1.78. The van der Waals surface area contributed by atoms with E-state index in [-0.39, 0.29) is 5.91 Å². The van der Waals surface area contributed by atoms with Crippen LogP contribution in [0.3, 0.4) is 0 Å². The Bertz CT molecular complexity index is 545. The highest BCUT2D eigenvalue weighted by atomic mass is 79.9. The quantitative estimate of drug-likeness (QED) is 0.918. The summed E-state index contributed by atoms with van der Waals surface area (Å²) in [6.45, 7) is 0. The van der Waals surface area contributed by atoms with Gasteiger partial charge < -0.3 is 5.32 Å². The molecule has 0 aliphatic carbocycles. The molecule has 86 valence electrons. The van der Waals surface area contributed by atoms with Crippen LogP contribution in [0.1, 0.15) is 10.4 Å². The molecule has 0 bridgehead atoms. The third-order valence-corrected chi connectivity index (χ3v) is 3.33. The highest BCUT2D eigenvalue weighted by molar-refractivity contribution is 9.10. The van der Waals surface area contributed by atoms with Gasteiger partial charge in [-0.3, -0.25) is 9.78 Å². The molecule has 1 N–H and O–H groups in total. The molecule has 0 saturated heterocycles. The molecule has 0 aliphatic heterocycles. The van der Waals surface area contributed by atoms with Crippen LogP contribution < -0.4 is 5.32 Å². The van der Waals surface area contributed by atoms with E-state index in [9.17, 15) is 4.79 Å². The Hall–Kier alpha value is -1.39. The molecule has 0 fully saturated rings. The number of halogens is 2. The van der Waals surface area contributed by atoms with E-state index in [1.165, 1.54) is 0 Å². The number of pyridine rings is 1. The highest BCUT2D eigenvalue weighted by Gasteiger charge is 2.06. The van der Waals surface area contributed by atoms with Crippen LogP contribution in [0.25, 0.3) is 0 Å². The van der Waals surface area contributed by atoms with Gasteiger partial charge in [0.2, 0.25) is 0 Å². The first-order valence-electron chi connectivity index (χ1n) is 4.83. The number of carbonyl (C=O) groups excluding carboxylic acids is 1. The SMILES string of the molecule is O=C(Nc1ccc(Cl)c(Br)c1)c1ccncc1. The molecule has 1 amide bonds. The first-order chi connectivity index (χ1) is 8.16. The number of rotatable bonds is 2. The fourth-order valence-electron chi connectivity index (χ4n) is 1.28. The second kappa shape index (κ2) is 5.29. The summed E-state index contributed by atoms with van der Waals surface area (Å²) in [7, 11) is 0. The van der Waals surface area contributed by atoms with Crippen molar-refractivity contribution in [3.8, 4) is 0 Å². The molecule has 0 spiro atoms. The minimum absolute atomic E-state index is 0.179. The van der Waals surface area contributed by atoms with Crippen LogP contribution in [-0.2, 0) is 0 Å². The molecule has 0 atom stereocenters. The second-order valence-corrected chi connectivity index (χ2v) is 4.58. The van der Waals surface area contributed by atoms with Gasteiger partial charge in [-0.25, -0.2) is 0 Å². The number of hydrogen-bond acceptors (Lipinski definition) is 2. The summed E-state index contributed by atoms with van der Waals surface area (Å²) in [6, 6.07) is 8.52. The lowest BCUT2D eigenvalue weighted by Gasteiger charge is -2.06. The van der Waals surface area contributed by atoms with Crippen molar-refractivity contribution in [3.63, 3.8) is 0 Å². The lowest BCUT2D eigenvalue weighted by Crippen LogP contribution is -2.11. The maximum Gasteiger partial charge on any atom is 0.255 e. The van der Waals surface area contributed by atoms with Gasteiger partial charge in [-0.1, -0.05) is 11.6 Å². The van der Waals surface area contributed by atoms with Crippen molar-refractivity contribution in [3.05, 3.63) is 57.8 Å². The number of hydrogen-bond donors (Lipinski definition) is 1. The number of benzene rings is 1. The Morgan fingerprint density at radius 2 is 1.94 bits per heavy atom. The third-order valence-electron chi connectivity index (χ3n) is 2.12. The normalized spacial score (nSPS) is 10.0. The Labute approximate surface area is 112 Å². The number of aromatic nitrogens is 1. The average molecular weight is 312 g/mol. The van der Waals surface area contributed by atoms with E-state index < -0.39 is 0 Å². The van der Waals surface area contributed by atoms with E-state index in [0.29, 0.717) is 16.3 Å². The summed E-state index contributed by atoms with van der Waals surface area (Å²) in [5, 5.41) is 3.37. The summed E-state index contributed by atoms with van der Waals surface area (Å²) in [5.41, 5.74) is 1.24. The minimum atomic E-state index is -0.179. The molecule has 17 heavy (non-hydrogen) atoms. The standard InChI is InChI=1S/C12H8BrClN2O/c13-10-7-9(1-2-11(10)14)16-12(17)8-3-5-15-6-4-8/h1-7H,(H,16,17). The molecule has 0 saturated carbocycles. The van der Waals surface area contributed by atoms with Gasteiger partial charge in [0.25, 0.3) is 5.91 Å². The number of carbonyl (C=O) groups is 1. The van der Waals surface area contributed by atoms with Crippen molar-refractivity contribution in [2.24, 2.45) is 0 Å². The molecular weight excluding hydrogens is 304 g/mol. The van der Waals surface area contributed by atoms with Gasteiger partial charge in [0.15, 0.2) is 0 Å². The number of anilines is 1.